The Balaban J connectivity index is 1.73. The van der Waals surface area contributed by atoms with Crippen LogP contribution >= 0.6 is 22.9 Å². The molecule has 1 aromatic heterocycles. The first kappa shape index (κ1) is 25.0. The molecule has 0 radical (unpaired) electrons. The average Bonchev–Trinajstić information content (AvgIpc) is 3.17. The molecule has 176 valence electrons. The van der Waals surface area contributed by atoms with Gasteiger partial charge in [0.2, 0.25) is 0 Å². The molecule has 0 fully saturated rings. The molecule has 0 saturated heterocycles. The summed E-state index contributed by atoms with van der Waals surface area (Å²) in [5, 5.41) is 20.2. The number of esters is 1. The Labute approximate surface area is 201 Å². The van der Waals surface area contributed by atoms with Crippen molar-refractivity contribution in [2.75, 3.05) is 18.4 Å². The summed E-state index contributed by atoms with van der Waals surface area (Å²) in [5.74, 6) is -1.76. The smallest absolute Gasteiger partial charge is 0.342 e. The molecule has 11 heteroatoms. The highest BCUT2D eigenvalue weighted by Gasteiger charge is 2.19. The number of nitrogens with one attached hydrogen (secondary N) is 1. The predicted octanol–water partition coefficient (Wildman–Crippen LogP) is 5.34. The molecule has 0 aliphatic carbocycles. The van der Waals surface area contributed by atoms with Crippen molar-refractivity contribution >= 4 is 45.6 Å². The van der Waals surface area contributed by atoms with Gasteiger partial charge in [-0.3, -0.25) is 0 Å². The Bertz CT molecular complexity index is 1180. The molecule has 3 N–H and O–H groups in total. The minimum Gasteiger partial charge on any atom is -0.507 e. The summed E-state index contributed by atoms with van der Waals surface area (Å²) < 4.78 is 39.9. The lowest BCUT2D eigenvalue weighted by atomic mass is 10.1. The zero-order valence-corrected chi connectivity index (χ0v) is 20.0. The summed E-state index contributed by atoms with van der Waals surface area (Å²) in [6, 6.07) is 9.01. The quantitative estimate of drug-likeness (QED) is 0.334. The van der Waals surface area contributed by atoms with Gasteiger partial charge in [-0.1, -0.05) is 18.5 Å². The van der Waals surface area contributed by atoms with Crippen LogP contribution in [0, 0.1) is 5.82 Å². The lowest BCUT2D eigenvalue weighted by molar-refractivity contribution is 0.00952. The lowest BCUT2D eigenvalue weighted by Crippen LogP contribution is -2.20. The van der Waals surface area contributed by atoms with Gasteiger partial charge in [-0.05, 0) is 42.8 Å². The van der Waals surface area contributed by atoms with Crippen molar-refractivity contribution in [1.82, 2.24) is 0 Å². The molecule has 7 nitrogen and oxygen atoms in total. The highest BCUT2D eigenvalue weighted by Crippen LogP contribution is 2.41. The number of benzene rings is 2. The van der Waals surface area contributed by atoms with E-state index in [2.05, 4.69) is 4.72 Å². The number of phenols is 2. The van der Waals surface area contributed by atoms with Gasteiger partial charge < -0.3 is 24.4 Å². The number of ether oxygens (including phenoxy) is 2. The zero-order chi connectivity index (χ0) is 24.1. The average molecular weight is 514 g/mol. The highest BCUT2D eigenvalue weighted by atomic mass is 35.5. The summed E-state index contributed by atoms with van der Waals surface area (Å²) in [7, 11) is -0.264. The SMILES string of the molecule is CCC(COC(=O)c1ccc(NS(=O)c2cc(-c3cc(F)ccc3O)c(Cl)s2)cc1O)OC. The molecule has 2 atom stereocenters. The summed E-state index contributed by atoms with van der Waals surface area (Å²) in [4.78, 5) is 12.2. The minimum absolute atomic E-state index is 0.0414. The normalized spacial score (nSPS) is 12.8. The molecule has 2 aromatic carbocycles. The van der Waals surface area contributed by atoms with Crippen LogP contribution in [0.25, 0.3) is 11.1 Å². The number of phenolic OH excluding ortho intramolecular Hbond substituents is 2. The van der Waals surface area contributed by atoms with Crippen molar-refractivity contribution in [3.05, 3.63) is 58.2 Å². The molecule has 33 heavy (non-hydrogen) atoms. The van der Waals surface area contributed by atoms with Crippen molar-refractivity contribution in [1.29, 1.82) is 0 Å². The molecule has 0 bridgehead atoms. The van der Waals surface area contributed by atoms with Gasteiger partial charge in [-0.2, -0.15) is 0 Å². The molecule has 0 aliphatic heterocycles. The number of halogens is 2. The Hall–Kier alpha value is -2.66. The highest BCUT2D eigenvalue weighted by molar-refractivity contribution is 7.88. The van der Waals surface area contributed by atoms with Crippen molar-refractivity contribution in [2.45, 2.75) is 23.7 Å². The fourth-order valence-corrected chi connectivity index (χ4v) is 5.39. The largest absolute Gasteiger partial charge is 0.507 e. The molecule has 3 rings (SSSR count). The van der Waals surface area contributed by atoms with Gasteiger partial charge in [0, 0.05) is 24.3 Å². The second-order valence-electron chi connectivity index (χ2n) is 6.88. The van der Waals surface area contributed by atoms with Crippen LogP contribution in [0.3, 0.4) is 0 Å². The maximum Gasteiger partial charge on any atom is 0.342 e. The third-order valence-corrected chi connectivity index (χ3v) is 7.47. The molecule has 0 saturated carbocycles. The maximum absolute atomic E-state index is 13.6. The van der Waals surface area contributed by atoms with Gasteiger partial charge >= 0.3 is 5.97 Å². The first-order chi connectivity index (χ1) is 15.7. The van der Waals surface area contributed by atoms with Crippen molar-refractivity contribution in [3.8, 4) is 22.6 Å². The standard InChI is InChI=1S/C22H21ClFNO6S2/c1-3-14(30-2)11-31-22(28)15-6-5-13(9-19(15)27)25-33(29)20-10-17(21(23)32-20)16-8-12(24)4-7-18(16)26/h4-10,14,25-27H,3,11H2,1-2H3. The van der Waals surface area contributed by atoms with Crippen LogP contribution in [0.1, 0.15) is 23.7 Å². The van der Waals surface area contributed by atoms with Gasteiger partial charge in [-0.15, -0.1) is 11.3 Å². The van der Waals surface area contributed by atoms with E-state index in [1.807, 2.05) is 6.92 Å². The van der Waals surface area contributed by atoms with Crippen molar-refractivity contribution in [2.24, 2.45) is 0 Å². The molecule has 2 unspecified atom stereocenters. The Morgan fingerprint density at radius 3 is 2.61 bits per heavy atom. The molecular weight excluding hydrogens is 493 g/mol. The van der Waals surface area contributed by atoms with E-state index in [1.165, 1.54) is 37.4 Å². The molecule has 0 aliphatic rings. The van der Waals surface area contributed by atoms with E-state index in [9.17, 15) is 23.6 Å². The third kappa shape index (κ3) is 6.02. The number of anilines is 1. The molecule has 1 heterocycles. The Morgan fingerprint density at radius 2 is 1.94 bits per heavy atom. The van der Waals surface area contributed by atoms with Gasteiger partial charge in [0.15, 0.2) is 11.0 Å². The number of carbonyl (C=O) groups excluding carboxylic acids is 1. The van der Waals surface area contributed by atoms with E-state index in [0.717, 1.165) is 23.5 Å². The summed E-state index contributed by atoms with van der Waals surface area (Å²) in [6.07, 6.45) is 0.425. The van der Waals surface area contributed by atoms with E-state index in [-0.39, 0.29) is 45.4 Å². The van der Waals surface area contributed by atoms with E-state index < -0.39 is 22.8 Å². The molecule has 3 aromatic rings. The third-order valence-electron chi connectivity index (χ3n) is 4.71. The number of methoxy groups -OCH3 is 1. The topological polar surface area (TPSA) is 105 Å². The number of aromatic hydroxyl groups is 2. The number of carbonyl (C=O) groups is 1. The van der Waals surface area contributed by atoms with E-state index >= 15 is 0 Å². The summed E-state index contributed by atoms with van der Waals surface area (Å²) in [6.45, 7) is 1.95. The van der Waals surface area contributed by atoms with Crippen molar-refractivity contribution in [3.63, 3.8) is 0 Å². The zero-order valence-electron chi connectivity index (χ0n) is 17.6. The van der Waals surface area contributed by atoms with Gasteiger partial charge in [0.25, 0.3) is 0 Å². The second-order valence-corrected chi connectivity index (χ2v) is 9.98. The number of thiophene rings is 1. The van der Waals surface area contributed by atoms with Crippen LogP contribution in [-0.4, -0.2) is 40.2 Å². The van der Waals surface area contributed by atoms with Crippen LogP contribution in [0.4, 0.5) is 10.1 Å². The van der Waals surface area contributed by atoms with Gasteiger partial charge in [-0.25, -0.2) is 13.4 Å². The molecular formula is C22H21ClFNO6S2. The van der Waals surface area contributed by atoms with E-state index in [0.29, 0.717) is 16.2 Å². The van der Waals surface area contributed by atoms with Crippen LogP contribution < -0.4 is 4.72 Å². The predicted molar refractivity (Wildman–Crippen MR) is 126 cm³/mol. The minimum atomic E-state index is -1.78. The second kappa shape index (κ2) is 11.0. The lowest BCUT2D eigenvalue weighted by Gasteiger charge is -2.14. The van der Waals surface area contributed by atoms with Gasteiger partial charge in [0.1, 0.15) is 38.0 Å². The van der Waals surface area contributed by atoms with E-state index in [4.69, 9.17) is 21.1 Å². The monoisotopic (exact) mass is 513 g/mol. The Morgan fingerprint density at radius 1 is 1.18 bits per heavy atom. The fourth-order valence-electron chi connectivity index (χ4n) is 2.87. The fraction of sp³-hybridized carbons (Fsp3) is 0.227. The number of hydrogen-bond acceptors (Lipinski definition) is 7. The van der Waals surface area contributed by atoms with Crippen LogP contribution in [0.15, 0.2) is 46.7 Å². The first-order valence-corrected chi connectivity index (χ1v) is 12.1. The maximum atomic E-state index is 13.6. The van der Waals surface area contributed by atoms with Gasteiger partial charge in [0.05, 0.1) is 11.8 Å². The van der Waals surface area contributed by atoms with E-state index in [1.54, 1.807) is 0 Å². The summed E-state index contributed by atoms with van der Waals surface area (Å²) >= 11 is 7.22. The number of hydrogen-bond donors (Lipinski definition) is 3. The summed E-state index contributed by atoms with van der Waals surface area (Å²) in [5.41, 5.74) is 0.760. The van der Waals surface area contributed by atoms with Crippen LogP contribution in [0.5, 0.6) is 11.5 Å². The van der Waals surface area contributed by atoms with Crippen molar-refractivity contribution < 1.29 is 33.1 Å². The molecule has 0 amide bonds. The number of rotatable bonds is 9. The van der Waals surface area contributed by atoms with Crippen LogP contribution in [-0.2, 0) is 20.5 Å². The first-order valence-electron chi connectivity index (χ1n) is 9.73. The van der Waals surface area contributed by atoms with Crippen LogP contribution in [0.2, 0.25) is 4.34 Å². The Kier molecular flexibility index (Phi) is 8.30. The molecule has 0 spiro atoms.